The monoisotopic (exact) mass is 319 g/mol. The number of para-hydroxylation sites is 2. The zero-order chi connectivity index (χ0) is 16.5. The number of carbonyl (C=O) groups is 1. The molecular weight excluding hydrogens is 298 g/mol. The van der Waals surface area contributed by atoms with Gasteiger partial charge in [-0.25, -0.2) is 0 Å². The van der Waals surface area contributed by atoms with E-state index in [0.29, 0.717) is 6.42 Å². The second-order valence-corrected chi connectivity index (χ2v) is 6.59. The van der Waals surface area contributed by atoms with Crippen molar-refractivity contribution in [2.75, 3.05) is 4.90 Å². The van der Waals surface area contributed by atoms with Gasteiger partial charge in [-0.1, -0.05) is 30.3 Å². The largest absolute Gasteiger partial charge is 0.506 e. The molecule has 0 aromatic heterocycles. The normalized spacial score (nSPS) is 20.1. The molecule has 1 aliphatic heterocycles. The highest BCUT2D eigenvalue weighted by Crippen LogP contribution is 2.40. The maximum absolute atomic E-state index is 12.1. The Morgan fingerprint density at radius 1 is 1.00 bits per heavy atom. The number of benzene rings is 2. The molecule has 0 spiro atoms. The van der Waals surface area contributed by atoms with Gasteiger partial charge in [0.05, 0.1) is 11.7 Å². The van der Waals surface area contributed by atoms with Crippen LogP contribution in [0, 0.1) is 0 Å². The van der Waals surface area contributed by atoms with Gasteiger partial charge in [0, 0.05) is 12.6 Å². The fraction of sp³-hybridized carbons (Fsp3) is 0.286. The van der Waals surface area contributed by atoms with Crippen molar-refractivity contribution in [1.29, 1.82) is 0 Å². The van der Waals surface area contributed by atoms with Crippen molar-refractivity contribution >= 4 is 11.5 Å². The highest BCUT2D eigenvalue weighted by Gasteiger charge is 2.29. The van der Waals surface area contributed by atoms with E-state index in [1.165, 1.54) is 29.5 Å². The molecule has 4 rings (SSSR count). The molecule has 1 aliphatic carbocycles. The lowest BCUT2D eigenvalue weighted by atomic mass is 9.83. The van der Waals surface area contributed by atoms with E-state index in [9.17, 15) is 9.90 Å². The van der Waals surface area contributed by atoms with E-state index in [-0.39, 0.29) is 17.6 Å². The molecule has 0 bridgehead atoms. The minimum atomic E-state index is -0.0520. The summed E-state index contributed by atoms with van der Waals surface area (Å²) in [7, 11) is 0. The van der Waals surface area contributed by atoms with Crippen LogP contribution in [0.2, 0.25) is 0 Å². The lowest BCUT2D eigenvalue weighted by Crippen LogP contribution is -2.30. The average molecular weight is 319 g/mol. The van der Waals surface area contributed by atoms with Crippen LogP contribution in [-0.4, -0.2) is 10.9 Å². The van der Waals surface area contributed by atoms with Crippen molar-refractivity contribution in [3.8, 4) is 5.75 Å². The van der Waals surface area contributed by atoms with Gasteiger partial charge in [-0.15, -0.1) is 0 Å². The number of phenols is 1. The molecule has 122 valence electrons. The van der Waals surface area contributed by atoms with Crippen molar-refractivity contribution in [3.05, 3.63) is 71.4 Å². The van der Waals surface area contributed by atoms with Gasteiger partial charge in [-0.05, 0) is 60.6 Å². The van der Waals surface area contributed by atoms with Crippen LogP contribution in [0.1, 0.15) is 42.0 Å². The molecule has 2 aromatic carbocycles. The number of rotatable bonds is 2. The number of fused-ring (bicyclic) bond motifs is 1. The summed E-state index contributed by atoms with van der Waals surface area (Å²) in [5.74, 6) is 0.381. The second kappa shape index (κ2) is 6.16. The Morgan fingerprint density at radius 2 is 1.83 bits per heavy atom. The van der Waals surface area contributed by atoms with E-state index in [0.717, 1.165) is 18.5 Å². The van der Waals surface area contributed by atoms with Crippen molar-refractivity contribution in [2.24, 2.45) is 0 Å². The van der Waals surface area contributed by atoms with Crippen molar-refractivity contribution in [3.63, 3.8) is 0 Å². The summed E-state index contributed by atoms with van der Waals surface area (Å²) in [6.45, 7) is 0. The first-order chi connectivity index (χ1) is 11.7. The summed E-state index contributed by atoms with van der Waals surface area (Å²) in [4.78, 5) is 14.1. The van der Waals surface area contributed by atoms with Crippen LogP contribution in [0.5, 0.6) is 5.75 Å². The minimum absolute atomic E-state index is 0.0520. The van der Waals surface area contributed by atoms with Crippen LogP contribution in [0.4, 0.5) is 5.69 Å². The molecule has 2 aromatic rings. The third-order valence-electron chi connectivity index (χ3n) is 5.10. The van der Waals surface area contributed by atoms with E-state index in [1.807, 2.05) is 29.3 Å². The average Bonchev–Trinajstić information content (AvgIpc) is 2.62. The Bertz CT molecular complexity index is 809. The van der Waals surface area contributed by atoms with E-state index in [4.69, 9.17) is 0 Å². The SMILES string of the molecule is O=C1C=CN(c2ccccc2O)[C@H](c2cccc3c2CCCC3)C1. The topological polar surface area (TPSA) is 40.5 Å². The Balaban J connectivity index is 1.82. The van der Waals surface area contributed by atoms with Crippen LogP contribution in [-0.2, 0) is 17.6 Å². The Hall–Kier alpha value is -2.55. The zero-order valence-electron chi connectivity index (χ0n) is 13.6. The van der Waals surface area contributed by atoms with Gasteiger partial charge in [-0.3, -0.25) is 4.79 Å². The number of ketones is 1. The third kappa shape index (κ3) is 2.60. The lowest BCUT2D eigenvalue weighted by Gasteiger charge is -2.35. The number of aryl methyl sites for hydroxylation is 1. The fourth-order valence-corrected chi connectivity index (χ4v) is 3.94. The maximum atomic E-state index is 12.1. The van der Waals surface area contributed by atoms with Crippen LogP contribution in [0.3, 0.4) is 0 Å². The highest BCUT2D eigenvalue weighted by atomic mass is 16.3. The number of hydrogen-bond donors (Lipinski definition) is 1. The minimum Gasteiger partial charge on any atom is -0.506 e. The highest BCUT2D eigenvalue weighted by molar-refractivity contribution is 5.92. The van der Waals surface area contributed by atoms with Crippen molar-refractivity contribution in [2.45, 2.75) is 38.1 Å². The smallest absolute Gasteiger partial charge is 0.159 e. The van der Waals surface area contributed by atoms with E-state index in [1.54, 1.807) is 12.1 Å². The van der Waals surface area contributed by atoms with E-state index < -0.39 is 0 Å². The molecular formula is C21H21NO2. The first-order valence-corrected chi connectivity index (χ1v) is 8.62. The van der Waals surface area contributed by atoms with Gasteiger partial charge < -0.3 is 10.0 Å². The number of carbonyl (C=O) groups excluding carboxylic acids is 1. The summed E-state index contributed by atoms with van der Waals surface area (Å²) in [6.07, 6.45) is 8.51. The number of anilines is 1. The molecule has 1 atom stereocenters. The summed E-state index contributed by atoms with van der Waals surface area (Å²) in [5, 5.41) is 10.3. The number of hydrogen-bond acceptors (Lipinski definition) is 3. The van der Waals surface area contributed by atoms with Crippen LogP contribution in [0.15, 0.2) is 54.7 Å². The van der Waals surface area contributed by atoms with E-state index >= 15 is 0 Å². The Morgan fingerprint density at radius 3 is 2.71 bits per heavy atom. The quantitative estimate of drug-likeness (QED) is 0.897. The number of phenolic OH excluding ortho intramolecular Hbond substituents is 1. The molecule has 1 N–H and O–H groups in total. The van der Waals surface area contributed by atoms with Crippen LogP contribution >= 0.6 is 0 Å². The number of aromatic hydroxyl groups is 1. The first-order valence-electron chi connectivity index (χ1n) is 8.62. The molecule has 2 aliphatic rings. The van der Waals surface area contributed by atoms with Gasteiger partial charge in [0.25, 0.3) is 0 Å². The van der Waals surface area contributed by atoms with Gasteiger partial charge in [0.1, 0.15) is 5.75 Å². The summed E-state index contributed by atoms with van der Waals surface area (Å²) in [5.41, 5.74) is 4.79. The van der Waals surface area contributed by atoms with Crippen molar-refractivity contribution in [1.82, 2.24) is 0 Å². The predicted octanol–water partition coefficient (Wildman–Crippen LogP) is 4.31. The molecule has 3 heteroatoms. The summed E-state index contributed by atoms with van der Waals surface area (Å²) in [6, 6.07) is 13.7. The summed E-state index contributed by atoms with van der Waals surface area (Å²) < 4.78 is 0. The lowest BCUT2D eigenvalue weighted by molar-refractivity contribution is -0.115. The molecule has 1 heterocycles. The van der Waals surface area contributed by atoms with E-state index in [2.05, 4.69) is 18.2 Å². The zero-order valence-corrected chi connectivity index (χ0v) is 13.6. The fourth-order valence-electron chi connectivity index (χ4n) is 3.94. The predicted molar refractivity (Wildman–Crippen MR) is 95.2 cm³/mol. The number of allylic oxidation sites excluding steroid dienone is 1. The molecule has 0 saturated carbocycles. The second-order valence-electron chi connectivity index (χ2n) is 6.59. The third-order valence-corrected chi connectivity index (χ3v) is 5.10. The molecule has 0 fully saturated rings. The molecule has 0 saturated heterocycles. The van der Waals surface area contributed by atoms with Gasteiger partial charge in [0.15, 0.2) is 5.78 Å². The first kappa shape index (κ1) is 15.0. The van der Waals surface area contributed by atoms with Crippen LogP contribution in [0.25, 0.3) is 0 Å². The Labute approximate surface area is 142 Å². The standard InChI is InChI=1S/C21H21NO2/c23-16-12-13-22(19-10-3-4-11-21(19)24)20(14-16)18-9-5-7-15-6-1-2-8-17(15)18/h3-5,7,9-13,20,24H,1-2,6,8,14H2/t20-/m0/s1. The van der Waals surface area contributed by atoms with Crippen molar-refractivity contribution < 1.29 is 9.90 Å². The van der Waals surface area contributed by atoms with Gasteiger partial charge >= 0.3 is 0 Å². The molecule has 0 unspecified atom stereocenters. The Kier molecular flexibility index (Phi) is 3.85. The van der Waals surface area contributed by atoms with Crippen LogP contribution < -0.4 is 4.90 Å². The summed E-state index contributed by atoms with van der Waals surface area (Å²) >= 11 is 0. The molecule has 0 radical (unpaired) electrons. The van der Waals surface area contributed by atoms with Gasteiger partial charge in [0.2, 0.25) is 0 Å². The van der Waals surface area contributed by atoms with Gasteiger partial charge in [-0.2, -0.15) is 0 Å². The molecule has 3 nitrogen and oxygen atoms in total. The molecule has 0 amide bonds. The maximum Gasteiger partial charge on any atom is 0.159 e. The number of nitrogens with zero attached hydrogens (tertiary/aromatic N) is 1. The molecule has 24 heavy (non-hydrogen) atoms.